The molecule has 2 unspecified atom stereocenters. The normalized spacial score (nSPS) is 27.5. The average molecular weight is 389 g/mol. The van der Waals surface area contributed by atoms with Crippen molar-refractivity contribution in [3.8, 4) is 0 Å². The Kier molecular flexibility index (Phi) is 4.57. The van der Waals surface area contributed by atoms with Crippen molar-refractivity contribution in [2.45, 2.75) is 44.3 Å². The third-order valence-corrected chi connectivity index (χ3v) is 5.39. The highest BCUT2D eigenvalue weighted by molar-refractivity contribution is 9.11. The van der Waals surface area contributed by atoms with Gasteiger partial charge in [0.1, 0.15) is 0 Å². The zero-order valence-corrected chi connectivity index (χ0v) is 14.1. The minimum Gasteiger partial charge on any atom is -0.307 e. The number of nitrogens with zero attached hydrogens (tertiary/aromatic N) is 2. The van der Waals surface area contributed by atoms with E-state index in [-0.39, 0.29) is 0 Å². The maximum absolute atomic E-state index is 4.47. The van der Waals surface area contributed by atoms with Crippen LogP contribution in [0.15, 0.2) is 21.2 Å². The molecule has 5 heteroatoms. The van der Waals surface area contributed by atoms with Gasteiger partial charge in [0.05, 0.1) is 5.69 Å². The second kappa shape index (κ2) is 6.20. The highest BCUT2D eigenvalue weighted by Gasteiger charge is 2.34. The van der Waals surface area contributed by atoms with Gasteiger partial charge in [-0.05, 0) is 63.7 Å². The number of halogens is 2. The Bertz CT molecular complexity index is 452. The molecule has 0 aliphatic carbocycles. The first-order valence-electron chi connectivity index (χ1n) is 7.01. The van der Waals surface area contributed by atoms with Crippen LogP contribution in [0.4, 0.5) is 0 Å². The predicted molar refractivity (Wildman–Crippen MR) is 84.1 cm³/mol. The Hall–Kier alpha value is 0.0300. The number of aromatic nitrogens is 1. The molecule has 2 aliphatic heterocycles. The van der Waals surface area contributed by atoms with Crippen molar-refractivity contribution in [1.29, 1.82) is 0 Å². The summed E-state index contributed by atoms with van der Waals surface area (Å²) in [7, 11) is 0. The topological polar surface area (TPSA) is 28.2 Å². The molecular weight excluding hydrogens is 370 g/mol. The van der Waals surface area contributed by atoms with Crippen molar-refractivity contribution in [2.24, 2.45) is 0 Å². The van der Waals surface area contributed by atoms with Gasteiger partial charge in [-0.2, -0.15) is 0 Å². The summed E-state index contributed by atoms with van der Waals surface area (Å²) in [6.07, 6.45) is 7.26. The molecule has 1 aromatic heterocycles. The van der Waals surface area contributed by atoms with E-state index in [1.165, 1.54) is 38.8 Å². The van der Waals surface area contributed by atoms with Crippen LogP contribution >= 0.6 is 31.9 Å². The number of piperidine rings is 1. The molecule has 0 aromatic carbocycles. The van der Waals surface area contributed by atoms with E-state index in [9.17, 15) is 0 Å². The van der Waals surface area contributed by atoms with Gasteiger partial charge in [-0.3, -0.25) is 9.88 Å². The molecule has 0 bridgehead atoms. The second-order valence-corrected chi connectivity index (χ2v) is 7.23. The van der Waals surface area contributed by atoms with E-state index >= 15 is 0 Å². The van der Waals surface area contributed by atoms with Crippen LogP contribution in [0.1, 0.15) is 31.4 Å². The van der Waals surface area contributed by atoms with E-state index in [2.05, 4.69) is 53.1 Å². The molecule has 3 rings (SSSR count). The Morgan fingerprint density at radius 1 is 1.26 bits per heavy atom. The van der Waals surface area contributed by atoms with Gasteiger partial charge >= 0.3 is 0 Å². The van der Waals surface area contributed by atoms with Gasteiger partial charge in [0.25, 0.3) is 0 Å². The molecule has 1 N–H and O–H groups in total. The van der Waals surface area contributed by atoms with Crippen molar-refractivity contribution < 1.29 is 0 Å². The number of fused-ring (bicyclic) bond motifs is 1. The quantitative estimate of drug-likeness (QED) is 0.860. The minimum atomic E-state index is 0.637. The van der Waals surface area contributed by atoms with Crippen LogP contribution in [-0.2, 0) is 6.54 Å². The highest BCUT2D eigenvalue weighted by Crippen LogP contribution is 2.27. The zero-order valence-electron chi connectivity index (χ0n) is 10.9. The number of pyridine rings is 1. The van der Waals surface area contributed by atoms with Crippen LogP contribution in [0.25, 0.3) is 0 Å². The lowest BCUT2D eigenvalue weighted by atomic mass is 9.99. The van der Waals surface area contributed by atoms with Crippen molar-refractivity contribution in [3.05, 3.63) is 26.9 Å². The van der Waals surface area contributed by atoms with Crippen molar-refractivity contribution in [1.82, 2.24) is 15.2 Å². The maximum Gasteiger partial charge on any atom is 0.0684 e. The largest absolute Gasteiger partial charge is 0.307 e. The molecule has 0 amide bonds. The van der Waals surface area contributed by atoms with Crippen molar-refractivity contribution in [2.75, 3.05) is 13.1 Å². The monoisotopic (exact) mass is 387 g/mol. The molecule has 3 nitrogen and oxygen atoms in total. The summed E-state index contributed by atoms with van der Waals surface area (Å²) in [5.41, 5.74) is 1.09. The Balaban J connectivity index is 1.60. The summed E-state index contributed by atoms with van der Waals surface area (Å²) in [6.45, 7) is 3.41. The van der Waals surface area contributed by atoms with Crippen LogP contribution in [0.2, 0.25) is 0 Å². The lowest BCUT2D eigenvalue weighted by Crippen LogP contribution is -2.44. The van der Waals surface area contributed by atoms with Gasteiger partial charge in [-0.15, -0.1) is 0 Å². The van der Waals surface area contributed by atoms with Crippen molar-refractivity contribution in [3.63, 3.8) is 0 Å². The lowest BCUT2D eigenvalue weighted by Gasteiger charge is -2.32. The minimum absolute atomic E-state index is 0.637. The summed E-state index contributed by atoms with van der Waals surface area (Å²) in [5.74, 6) is 0. The molecule has 19 heavy (non-hydrogen) atoms. The fourth-order valence-electron chi connectivity index (χ4n) is 3.29. The molecule has 104 valence electrons. The van der Waals surface area contributed by atoms with Gasteiger partial charge in [-0.25, -0.2) is 0 Å². The smallest absolute Gasteiger partial charge is 0.0684 e. The van der Waals surface area contributed by atoms with Gasteiger partial charge in [0, 0.05) is 40.3 Å². The first kappa shape index (κ1) is 14.0. The van der Waals surface area contributed by atoms with Crippen molar-refractivity contribution >= 4 is 31.9 Å². The predicted octanol–water partition coefficient (Wildman–Crippen LogP) is 3.32. The summed E-state index contributed by atoms with van der Waals surface area (Å²) in [5, 5.41) is 3.71. The van der Waals surface area contributed by atoms with Crippen LogP contribution in [0, 0.1) is 0 Å². The van der Waals surface area contributed by atoms with Gasteiger partial charge in [-0.1, -0.05) is 6.42 Å². The standard InChI is InChI=1S/C14H19Br2N3/c15-10-7-11(16)13(17-8-10)9-18-12-4-6-19-5-2-1-3-14(12)19/h7-8,12,14,18H,1-6,9H2. The van der Waals surface area contributed by atoms with Gasteiger partial charge in [0.15, 0.2) is 0 Å². The van der Waals surface area contributed by atoms with E-state index in [0.717, 1.165) is 27.2 Å². The number of rotatable bonds is 3. The molecule has 0 saturated carbocycles. The van der Waals surface area contributed by atoms with Crippen LogP contribution < -0.4 is 5.32 Å². The molecule has 2 fully saturated rings. The number of hydrogen-bond donors (Lipinski definition) is 1. The van der Waals surface area contributed by atoms with Crippen LogP contribution in [0.3, 0.4) is 0 Å². The fraction of sp³-hybridized carbons (Fsp3) is 0.643. The second-order valence-electron chi connectivity index (χ2n) is 5.46. The summed E-state index contributed by atoms with van der Waals surface area (Å²) in [6, 6.07) is 3.45. The molecular formula is C14H19Br2N3. The Labute approximate surface area is 131 Å². The summed E-state index contributed by atoms with van der Waals surface area (Å²) < 4.78 is 2.09. The van der Waals surface area contributed by atoms with E-state index in [1.54, 1.807) is 0 Å². The van der Waals surface area contributed by atoms with E-state index in [1.807, 2.05) is 6.20 Å². The average Bonchev–Trinajstić information content (AvgIpc) is 2.81. The van der Waals surface area contributed by atoms with Crippen LogP contribution in [0.5, 0.6) is 0 Å². The van der Waals surface area contributed by atoms with E-state index in [0.29, 0.717) is 6.04 Å². The third-order valence-electron chi connectivity index (χ3n) is 4.27. The third kappa shape index (κ3) is 3.20. The Morgan fingerprint density at radius 2 is 2.16 bits per heavy atom. The molecule has 2 saturated heterocycles. The molecule has 2 aliphatic rings. The number of nitrogens with one attached hydrogen (secondary N) is 1. The zero-order chi connectivity index (χ0) is 13.2. The van der Waals surface area contributed by atoms with Gasteiger partial charge < -0.3 is 5.32 Å². The SMILES string of the molecule is Brc1cnc(CNC2CCN3CCCCC23)c(Br)c1. The van der Waals surface area contributed by atoms with Crippen LogP contribution in [-0.4, -0.2) is 35.1 Å². The number of hydrogen-bond acceptors (Lipinski definition) is 3. The Morgan fingerprint density at radius 3 is 3.00 bits per heavy atom. The maximum atomic E-state index is 4.47. The summed E-state index contributed by atoms with van der Waals surface area (Å²) in [4.78, 5) is 7.13. The molecule has 0 radical (unpaired) electrons. The molecule has 0 spiro atoms. The first-order valence-corrected chi connectivity index (χ1v) is 8.60. The molecule has 1 aromatic rings. The molecule has 3 heterocycles. The fourth-order valence-corrected chi connectivity index (χ4v) is 4.41. The first-order chi connectivity index (χ1) is 9.24. The van der Waals surface area contributed by atoms with E-state index in [4.69, 9.17) is 0 Å². The molecule has 2 atom stereocenters. The lowest BCUT2D eigenvalue weighted by molar-refractivity contribution is 0.180. The van der Waals surface area contributed by atoms with Gasteiger partial charge in [0.2, 0.25) is 0 Å². The highest BCUT2D eigenvalue weighted by atomic mass is 79.9. The van der Waals surface area contributed by atoms with E-state index < -0.39 is 0 Å². The summed E-state index contributed by atoms with van der Waals surface area (Å²) >= 11 is 7.02.